The van der Waals surface area contributed by atoms with Gasteiger partial charge in [-0.3, -0.25) is 4.79 Å². The summed E-state index contributed by atoms with van der Waals surface area (Å²) in [5, 5.41) is 4.38. The highest BCUT2D eigenvalue weighted by atomic mass is 32.2. The summed E-state index contributed by atoms with van der Waals surface area (Å²) >= 11 is 0. The van der Waals surface area contributed by atoms with Crippen molar-refractivity contribution in [3.63, 3.8) is 0 Å². The van der Waals surface area contributed by atoms with Crippen LogP contribution in [-0.2, 0) is 23.5 Å². The van der Waals surface area contributed by atoms with Crippen molar-refractivity contribution in [2.24, 2.45) is 7.05 Å². The van der Waals surface area contributed by atoms with Gasteiger partial charge in [0.15, 0.2) is 9.84 Å². The zero-order valence-corrected chi connectivity index (χ0v) is 20.3. The number of carbonyl (C=O) groups excluding carboxylic acids is 1. The molecule has 0 amide bonds. The summed E-state index contributed by atoms with van der Waals surface area (Å²) in [7, 11) is -0.352. The lowest BCUT2D eigenvalue weighted by Gasteiger charge is -2.17. The number of rotatable bonds is 7. The first-order valence-electron chi connectivity index (χ1n) is 10.1. The number of methoxy groups -OCH3 is 1. The van der Waals surface area contributed by atoms with Gasteiger partial charge < -0.3 is 9.47 Å². The molecule has 7 nitrogen and oxygen atoms in total. The molecule has 0 radical (unpaired) electrons. The van der Waals surface area contributed by atoms with Crippen LogP contribution < -0.4 is 9.47 Å². The molecule has 0 spiro atoms. The Bertz CT molecular complexity index is 1290. The predicted octanol–water partition coefficient (Wildman–Crippen LogP) is 3.88. The predicted molar refractivity (Wildman–Crippen MR) is 122 cm³/mol. The molecule has 0 N–H and O–H groups in total. The maximum Gasteiger partial charge on any atom is 0.223 e. The van der Waals surface area contributed by atoms with Crippen molar-refractivity contribution in [3.05, 3.63) is 69.4 Å². The first kappa shape index (κ1) is 23.5. The third-order valence-electron chi connectivity index (χ3n) is 5.36. The van der Waals surface area contributed by atoms with Gasteiger partial charge in [0.1, 0.15) is 17.9 Å². The minimum atomic E-state index is -3.49. The van der Waals surface area contributed by atoms with Crippen LogP contribution in [0.5, 0.6) is 11.6 Å². The first-order valence-corrected chi connectivity index (χ1v) is 12.0. The van der Waals surface area contributed by atoms with Crippen molar-refractivity contribution in [2.45, 2.75) is 39.2 Å². The summed E-state index contributed by atoms with van der Waals surface area (Å²) in [4.78, 5) is 13.8. The highest BCUT2D eigenvalue weighted by Gasteiger charge is 2.29. The monoisotopic (exact) mass is 456 g/mol. The second kappa shape index (κ2) is 8.78. The van der Waals surface area contributed by atoms with Gasteiger partial charge >= 0.3 is 0 Å². The Balaban J connectivity index is 2.07. The Morgan fingerprint density at radius 1 is 1.09 bits per heavy atom. The third-order valence-corrected chi connectivity index (χ3v) is 6.73. The summed E-state index contributed by atoms with van der Waals surface area (Å²) in [6, 6.07) is 9.50. The van der Waals surface area contributed by atoms with Gasteiger partial charge in [-0.05, 0) is 44.9 Å². The van der Waals surface area contributed by atoms with Crippen LogP contribution in [0.4, 0.5) is 0 Å². The molecule has 0 saturated carbocycles. The molecule has 0 bridgehead atoms. The van der Waals surface area contributed by atoms with E-state index in [1.54, 1.807) is 33.9 Å². The second-order valence-electron chi connectivity index (χ2n) is 7.99. The van der Waals surface area contributed by atoms with E-state index in [2.05, 4.69) is 5.10 Å². The van der Waals surface area contributed by atoms with Crippen molar-refractivity contribution < 1.29 is 22.7 Å². The average molecular weight is 457 g/mol. The standard InChI is InChI=1S/C24H28N2O5S/c1-14-8-10-18(11-9-14)13-31-24-20(17(4)25-26(24)5)21(27)19-12-15(2)23(32(7,28)29)16(3)22(19)30-6/h8-12H,13H2,1-7H3. The summed E-state index contributed by atoms with van der Waals surface area (Å²) in [5.41, 5.74) is 4.11. The smallest absolute Gasteiger partial charge is 0.223 e. The zero-order chi connectivity index (χ0) is 23.8. The van der Waals surface area contributed by atoms with E-state index in [1.807, 2.05) is 31.2 Å². The SMILES string of the molecule is COc1c(C(=O)c2c(C)nn(C)c2OCc2ccc(C)cc2)cc(C)c(S(C)(=O)=O)c1C. The molecule has 0 atom stereocenters. The normalized spacial score (nSPS) is 11.5. The van der Waals surface area contributed by atoms with E-state index in [0.29, 0.717) is 28.3 Å². The molecule has 1 heterocycles. The van der Waals surface area contributed by atoms with E-state index in [4.69, 9.17) is 9.47 Å². The van der Waals surface area contributed by atoms with Crippen LogP contribution in [0, 0.1) is 27.7 Å². The van der Waals surface area contributed by atoms with E-state index in [-0.39, 0.29) is 28.6 Å². The maximum absolute atomic E-state index is 13.6. The molecule has 0 saturated heterocycles. The Kier molecular flexibility index (Phi) is 6.46. The Morgan fingerprint density at radius 3 is 2.28 bits per heavy atom. The number of aryl methyl sites for hydroxylation is 4. The molecule has 1 aromatic heterocycles. The van der Waals surface area contributed by atoms with Crippen LogP contribution in [0.1, 0.15) is 43.9 Å². The van der Waals surface area contributed by atoms with E-state index in [0.717, 1.165) is 17.4 Å². The highest BCUT2D eigenvalue weighted by molar-refractivity contribution is 7.90. The van der Waals surface area contributed by atoms with Crippen LogP contribution in [0.15, 0.2) is 35.2 Å². The third kappa shape index (κ3) is 4.41. The number of carbonyl (C=O) groups is 1. The Labute approximate surface area is 188 Å². The van der Waals surface area contributed by atoms with E-state index >= 15 is 0 Å². The fraction of sp³-hybridized carbons (Fsp3) is 0.333. The molecule has 3 rings (SSSR count). The number of ketones is 1. The van der Waals surface area contributed by atoms with Gasteiger partial charge in [0, 0.05) is 18.9 Å². The number of sulfone groups is 1. The molecule has 0 fully saturated rings. The first-order chi connectivity index (χ1) is 15.0. The minimum absolute atomic E-state index is 0.171. The fourth-order valence-electron chi connectivity index (χ4n) is 3.99. The summed E-state index contributed by atoms with van der Waals surface area (Å²) in [6.07, 6.45) is 1.14. The number of hydrogen-bond donors (Lipinski definition) is 0. The van der Waals surface area contributed by atoms with Gasteiger partial charge in [0.25, 0.3) is 0 Å². The molecule has 3 aromatic rings. The quantitative estimate of drug-likeness (QED) is 0.502. The molecule has 0 aliphatic rings. The molecule has 32 heavy (non-hydrogen) atoms. The molecular weight excluding hydrogens is 428 g/mol. The van der Waals surface area contributed by atoms with E-state index in [1.165, 1.54) is 11.8 Å². The molecule has 0 aliphatic heterocycles. The molecule has 8 heteroatoms. The van der Waals surface area contributed by atoms with Crippen LogP contribution in [-0.4, -0.2) is 37.3 Å². The summed E-state index contributed by atoms with van der Waals surface area (Å²) < 4.78 is 37.6. The van der Waals surface area contributed by atoms with Crippen molar-refractivity contribution in [1.82, 2.24) is 9.78 Å². The van der Waals surface area contributed by atoms with E-state index < -0.39 is 9.84 Å². The van der Waals surface area contributed by atoms with Crippen LogP contribution in [0.25, 0.3) is 0 Å². The largest absolute Gasteiger partial charge is 0.496 e. The van der Waals surface area contributed by atoms with Crippen LogP contribution in [0.3, 0.4) is 0 Å². The number of ether oxygens (including phenoxy) is 2. The van der Waals surface area contributed by atoms with Gasteiger partial charge in [0.05, 0.1) is 23.3 Å². The zero-order valence-electron chi connectivity index (χ0n) is 19.4. The van der Waals surface area contributed by atoms with E-state index in [9.17, 15) is 13.2 Å². The Morgan fingerprint density at radius 2 is 1.72 bits per heavy atom. The van der Waals surface area contributed by atoms with Crippen molar-refractivity contribution in [2.75, 3.05) is 13.4 Å². The number of aromatic nitrogens is 2. The lowest BCUT2D eigenvalue weighted by Crippen LogP contribution is -2.12. The van der Waals surface area contributed by atoms with Crippen LogP contribution in [0.2, 0.25) is 0 Å². The topological polar surface area (TPSA) is 87.5 Å². The Hall–Kier alpha value is -3.13. The van der Waals surface area contributed by atoms with Gasteiger partial charge in [-0.25, -0.2) is 13.1 Å². The van der Waals surface area contributed by atoms with Gasteiger partial charge in [-0.1, -0.05) is 29.8 Å². The van der Waals surface area contributed by atoms with Gasteiger partial charge in [0.2, 0.25) is 11.7 Å². The summed E-state index contributed by atoms with van der Waals surface area (Å²) in [6.45, 7) is 7.34. The number of nitrogens with zero attached hydrogens (tertiary/aromatic N) is 2. The molecule has 2 aromatic carbocycles. The number of hydrogen-bond acceptors (Lipinski definition) is 6. The minimum Gasteiger partial charge on any atom is -0.496 e. The van der Waals surface area contributed by atoms with Gasteiger partial charge in [-0.2, -0.15) is 5.10 Å². The average Bonchev–Trinajstić information content (AvgIpc) is 2.98. The highest BCUT2D eigenvalue weighted by Crippen LogP contribution is 2.36. The maximum atomic E-state index is 13.6. The number of benzene rings is 2. The fourth-order valence-corrected chi connectivity index (χ4v) is 5.28. The van der Waals surface area contributed by atoms with Crippen LogP contribution >= 0.6 is 0 Å². The molecule has 0 unspecified atom stereocenters. The van der Waals surface area contributed by atoms with Crippen molar-refractivity contribution in [1.29, 1.82) is 0 Å². The second-order valence-corrected chi connectivity index (χ2v) is 9.95. The molecule has 0 aliphatic carbocycles. The van der Waals surface area contributed by atoms with Crippen molar-refractivity contribution in [3.8, 4) is 11.6 Å². The summed E-state index contributed by atoms with van der Waals surface area (Å²) in [5.74, 6) is 0.240. The lowest BCUT2D eigenvalue weighted by atomic mass is 9.97. The van der Waals surface area contributed by atoms with Crippen molar-refractivity contribution >= 4 is 15.6 Å². The molecule has 170 valence electrons. The lowest BCUT2D eigenvalue weighted by molar-refractivity contribution is 0.103. The van der Waals surface area contributed by atoms with Gasteiger partial charge in [-0.15, -0.1) is 0 Å². The molecular formula is C24H28N2O5S.